The molecule has 0 unspecified atom stereocenters. The quantitative estimate of drug-likeness (QED) is 0.831. The SMILES string of the molecule is Cn1c(CCS)nc2cc(Br)ccc21. The molecule has 0 bridgehead atoms. The molecule has 1 heterocycles. The molecule has 2 nitrogen and oxygen atoms in total. The summed E-state index contributed by atoms with van der Waals surface area (Å²) in [6, 6.07) is 6.15. The first kappa shape index (κ1) is 10.1. The number of hydrogen-bond donors (Lipinski definition) is 1. The van der Waals surface area contributed by atoms with Crippen molar-refractivity contribution < 1.29 is 0 Å². The molecule has 0 spiro atoms. The van der Waals surface area contributed by atoms with Gasteiger partial charge in [-0.2, -0.15) is 12.6 Å². The lowest BCUT2D eigenvalue weighted by Gasteiger charge is -1.98. The minimum atomic E-state index is 0.832. The molecule has 2 rings (SSSR count). The molecule has 0 aliphatic rings. The Labute approximate surface area is 96.9 Å². The molecule has 0 aliphatic carbocycles. The van der Waals surface area contributed by atoms with Gasteiger partial charge in [-0.1, -0.05) is 15.9 Å². The Morgan fingerprint density at radius 2 is 2.29 bits per heavy atom. The number of hydrogen-bond acceptors (Lipinski definition) is 2. The summed E-state index contributed by atoms with van der Waals surface area (Å²) >= 11 is 7.66. The molecule has 2 aromatic rings. The maximum atomic E-state index is 4.55. The van der Waals surface area contributed by atoms with Crippen LogP contribution in [0.5, 0.6) is 0 Å². The van der Waals surface area contributed by atoms with Crippen LogP contribution in [0.4, 0.5) is 0 Å². The first-order chi connectivity index (χ1) is 6.72. The molecule has 0 N–H and O–H groups in total. The minimum absolute atomic E-state index is 0.832. The summed E-state index contributed by atoms with van der Waals surface area (Å²) in [7, 11) is 2.04. The van der Waals surface area contributed by atoms with Crippen LogP contribution in [0, 0.1) is 0 Å². The zero-order valence-corrected chi connectivity index (χ0v) is 10.3. The van der Waals surface area contributed by atoms with E-state index in [1.165, 1.54) is 5.52 Å². The highest BCUT2D eigenvalue weighted by Gasteiger charge is 2.06. The van der Waals surface area contributed by atoms with Gasteiger partial charge in [-0.25, -0.2) is 4.98 Å². The second kappa shape index (κ2) is 3.95. The van der Waals surface area contributed by atoms with Gasteiger partial charge in [0.2, 0.25) is 0 Å². The Morgan fingerprint density at radius 1 is 1.50 bits per heavy atom. The van der Waals surface area contributed by atoms with Crippen LogP contribution in [0.15, 0.2) is 22.7 Å². The number of benzene rings is 1. The minimum Gasteiger partial charge on any atom is -0.331 e. The van der Waals surface area contributed by atoms with Gasteiger partial charge in [0.15, 0.2) is 0 Å². The van der Waals surface area contributed by atoms with Gasteiger partial charge in [-0.15, -0.1) is 0 Å². The number of halogens is 1. The first-order valence-corrected chi connectivity index (χ1v) is 5.86. The van der Waals surface area contributed by atoms with E-state index in [-0.39, 0.29) is 0 Å². The topological polar surface area (TPSA) is 17.8 Å². The van der Waals surface area contributed by atoms with Crippen LogP contribution in [0.1, 0.15) is 5.82 Å². The Balaban J connectivity index is 2.61. The van der Waals surface area contributed by atoms with Gasteiger partial charge in [0.1, 0.15) is 5.82 Å². The fraction of sp³-hybridized carbons (Fsp3) is 0.300. The van der Waals surface area contributed by atoms with Crippen molar-refractivity contribution in [3.8, 4) is 0 Å². The van der Waals surface area contributed by atoms with E-state index in [4.69, 9.17) is 0 Å². The van der Waals surface area contributed by atoms with Crippen LogP contribution in [0.3, 0.4) is 0 Å². The van der Waals surface area contributed by atoms with Gasteiger partial charge < -0.3 is 4.57 Å². The summed E-state index contributed by atoms with van der Waals surface area (Å²) in [4.78, 5) is 4.55. The zero-order chi connectivity index (χ0) is 10.1. The van der Waals surface area contributed by atoms with Gasteiger partial charge in [0, 0.05) is 17.9 Å². The Bertz CT molecular complexity index is 464. The maximum absolute atomic E-state index is 4.55. The van der Waals surface area contributed by atoms with Crippen molar-refractivity contribution in [1.82, 2.24) is 9.55 Å². The predicted molar refractivity (Wildman–Crippen MR) is 66.0 cm³/mol. The fourth-order valence-electron chi connectivity index (χ4n) is 1.55. The Kier molecular flexibility index (Phi) is 2.83. The largest absolute Gasteiger partial charge is 0.331 e. The third-order valence-electron chi connectivity index (χ3n) is 2.27. The van der Waals surface area contributed by atoms with Crippen LogP contribution in [-0.2, 0) is 13.5 Å². The van der Waals surface area contributed by atoms with E-state index in [0.717, 1.165) is 28.0 Å². The van der Waals surface area contributed by atoms with Crippen LogP contribution in [0.2, 0.25) is 0 Å². The zero-order valence-electron chi connectivity index (χ0n) is 7.87. The molecule has 0 atom stereocenters. The second-order valence-corrected chi connectivity index (χ2v) is 4.56. The lowest BCUT2D eigenvalue weighted by molar-refractivity contribution is 0.834. The number of thiol groups is 1. The highest BCUT2D eigenvalue weighted by Crippen LogP contribution is 2.20. The van der Waals surface area contributed by atoms with Crippen molar-refractivity contribution in [3.63, 3.8) is 0 Å². The van der Waals surface area contributed by atoms with E-state index in [2.05, 4.69) is 44.2 Å². The maximum Gasteiger partial charge on any atom is 0.110 e. The fourth-order valence-corrected chi connectivity index (χ4v) is 2.10. The van der Waals surface area contributed by atoms with Crippen LogP contribution >= 0.6 is 28.6 Å². The van der Waals surface area contributed by atoms with Gasteiger partial charge in [0.25, 0.3) is 0 Å². The molecule has 0 saturated carbocycles. The van der Waals surface area contributed by atoms with E-state index in [9.17, 15) is 0 Å². The van der Waals surface area contributed by atoms with Crippen LogP contribution in [0.25, 0.3) is 11.0 Å². The predicted octanol–water partition coefficient (Wildman–Crippen LogP) is 2.81. The summed E-state index contributed by atoms with van der Waals surface area (Å²) in [6.07, 6.45) is 0.909. The van der Waals surface area contributed by atoms with Crippen LogP contribution < -0.4 is 0 Å². The normalized spacial score (nSPS) is 11.1. The van der Waals surface area contributed by atoms with Crippen molar-refractivity contribution >= 4 is 39.6 Å². The smallest absolute Gasteiger partial charge is 0.110 e. The molecule has 0 radical (unpaired) electrons. The lowest BCUT2D eigenvalue weighted by atomic mass is 10.3. The number of aromatic nitrogens is 2. The van der Waals surface area contributed by atoms with Crippen molar-refractivity contribution in [2.75, 3.05) is 5.75 Å². The van der Waals surface area contributed by atoms with E-state index in [1.807, 2.05) is 19.2 Å². The van der Waals surface area contributed by atoms with Gasteiger partial charge in [0.05, 0.1) is 11.0 Å². The number of rotatable bonds is 2. The van der Waals surface area contributed by atoms with Crippen molar-refractivity contribution in [3.05, 3.63) is 28.5 Å². The highest BCUT2D eigenvalue weighted by molar-refractivity contribution is 9.10. The number of aryl methyl sites for hydroxylation is 2. The monoisotopic (exact) mass is 270 g/mol. The number of nitrogens with zero attached hydrogens (tertiary/aromatic N) is 2. The summed E-state index contributed by atoms with van der Waals surface area (Å²) in [5, 5.41) is 0. The van der Waals surface area contributed by atoms with Crippen molar-refractivity contribution in [2.45, 2.75) is 6.42 Å². The highest BCUT2D eigenvalue weighted by atomic mass is 79.9. The number of imidazole rings is 1. The summed E-state index contributed by atoms with van der Waals surface area (Å²) in [6.45, 7) is 0. The third-order valence-corrected chi connectivity index (χ3v) is 2.99. The summed E-state index contributed by atoms with van der Waals surface area (Å²) in [5.74, 6) is 1.92. The molecule has 1 aromatic carbocycles. The molecule has 4 heteroatoms. The van der Waals surface area contributed by atoms with Crippen molar-refractivity contribution in [2.24, 2.45) is 7.05 Å². The standard InChI is InChI=1S/C10H11BrN2S/c1-13-9-3-2-7(11)6-8(9)12-10(13)4-5-14/h2-3,6,14H,4-5H2,1H3. The molecule has 1 aromatic heterocycles. The third kappa shape index (κ3) is 1.68. The summed E-state index contributed by atoms with van der Waals surface area (Å²) in [5.41, 5.74) is 2.21. The van der Waals surface area contributed by atoms with Crippen molar-refractivity contribution in [1.29, 1.82) is 0 Å². The molecular formula is C10H11BrN2S. The molecule has 0 saturated heterocycles. The first-order valence-electron chi connectivity index (χ1n) is 4.44. The van der Waals surface area contributed by atoms with E-state index in [1.54, 1.807) is 0 Å². The van der Waals surface area contributed by atoms with E-state index >= 15 is 0 Å². The molecule has 0 amide bonds. The number of fused-ring (bicyclic) bond motifs is 1. The van der Waals surface area contributed by atoms with E-state index < -0.39 is 0 Å². The molecular weight excluding hydrogens is 260 g/mol. The average Bonchev–Trinajstić information content (AvgIpc) is 2.44. The molecule has 74 valence electrons. The molecule has 14 heavy (non-hydrogen) atoms. The summed E-state index contributed by atoms with van der Waals surface area (Å²) < 4.78 is 3.19. The average molecular weight is 271 g/mol. The van der Waals surface area contributed by atoms with E-state index in [0.29, 0.717) is 0 Å². The molecule has 0 fully saturated rings. The van der Waals surface area contributed by atoms with Gasteiger partial charge in [-0.3, -0.25) is 0 Å². The Hall–Kier alpha value is -0.480. The van der Waals surface area contributed by atoms with Gasteiger partial charge >= 0.3 is 0 Å². The Morgan fingerprint density at radius 3 is 3.00 bits per heavy atom. The van der Waals surface area contributed by atoms with Crippen LogP contribution in [-0.4, -0.2) is 15.3 Å². The second-order valence-electron chi connectivity index (χ2n) is 3.19. The lowest BCUT2D eigenvalue weighted by Crippen LogP contribution is -1.98. The molecule has 0 aliphatic heterocycles. The van der Waals surface area contributed by atoms with Gasteiger partial charge in [-0.05, 0) is 24.0 Å².